The summed E-state index contributed by atoms with van der Waals surface area (Å²) in [5, 5.41) is 3.48. The van der Waals surface area contributed by atoms with E-state index in [1.165, 1.54) is 12.0 Å². The molecule has 1 fully saturated rings. The third-order valence-electron chi connectivity index (χ3n) is 3.73. The fourth-order valence-corrected chi connectivity index (χ4v) is 2.12. The lowest BCUT2D eigenvalue weighted by Gasteiger charge is -2.21. The number of aryl methyl sites for hydroxylation is 1. The van der Waals surface area contributed by atoms with Gasteiger partial charge in [0.05, 0.1) is 0 Å². The largest absolute Gasteiger partial charge is 0.308 e. The lowest BCUT2D eigenvalue weighted by molar-refractivity contribution is 0.423. The predicted octanol–water partition coefficient (Wildman–Crippen LogP) is 3.19. The SMILES string of the molecule is Cc1nc(C2CC2(C)C)ncc1CNC(C)(C)C. The van der Waals surface area contributed by atoms with Crippen LogP contribution in [0.15, 0.2) is 6.20 Å². The zero-order chi connectivity index (χ0) is 13.6. The van der Waals surface area contributed by atoms with Crippen LogP contribution in [0.1, 0.15) is 64.0 Å². The Labute approximate surface area is 110 Å². The fourth-order valence-electron chi connectivity index (χ4n) is 2.12. The molecule has 1 atom stereocenters. The van der Waals surface area contributed by atoms with Crippen molar-refractivity contribution in [1.29, 1.82) is 0 Å². The molecule has 1 unspecified atom stereocenters. The molecule has 1 heterocycles. The molecule has 0 spiro atoms. The van der Waals surface area contributed by atoms with Crippen molar-refractivity contribution in [2.75, 3.05) is 0 Å². The van der Waals surface area contributed by atoms with Crippen LogP contribution in [0.25, 0.3) is 0 Å². The molecule has 100 valence electrons. The molecule has 0 aliphatic heterocycles. The number of nitrogens with one attached hydrogen (secondary N) is 1. The first-order valence-electron chi connectivity index (χ1n) is 6.76. The van der Waals surface area contributed by atoms with Crippen LogP contribution in [-0.4, -0.2) is 15.5 Å². The van der Waals surface area contributed by atoms with E-state index in [2.05, 4.69) is 56.8 Å². The zero-order valence-electron chi connectivity index (χ0n) is 12.5. The highest BCUT2D eigenvalue weighted by atomic mass is 15.0. The van der Waals surface area contributed by atoms with Crippen molar-refractivity contribution >= 4 is 0 Å². The monoisotopic (exact) mass is 247 g/mol. The summed E-state index contributed by atoms with van der Waals surface area (Å²) in [5.74, 6) is 1.58. The Morgan fingerprint density at radius 3 is 2.44 bits per heavy atom. The predicted molar refractivity (Wildman–Crippen MR) is 74.5 cm³/mol. The fraction of sp³-hybridized carbons (Fsp3) is 0.733. The minimum absolute atomic E-state index is 0.129. The Bertz CT molecular complexity index is 444. The van der Waals surface area contributed by atoms with Crippen LogP contribution in [0, 0.1) is 12.3 Å². The van der Waals surface area contributed by atoms with Gasteiger partial charge in [-0.25, -0.2) is 9.97 Å². The minimum atomic E-state index is 0.129. The van der Waals surface area contributed by atoms with E-state index in [9.17, 15) is 0 Å². The van der Waals surface area contributed by atoms with Gasteiger partial charge in [-0.3, -0.25) is 0 Å². The lowest BCUT2D eigenvalue weighted by Crippen LogP contribution is -2.35. The second-order valence-corrected chi connectivity index (χ2v) is 7.19. The first kappa shape index (κ1) is 13.5. The summed E-state index contributed by atoms with van der Waals surface area (Å²) in [6.07, 6.45) is 3.21. The molecular weight excluding hydrogens is 222 g/mol. The van der Waals surface area contributed by atoms with Crippen LogP contribution in [0.2, 0.25) is 0 Å². The van der Waals surface area contributed by atoms with E-state index < -0.39 is 0 Å². The lowest BCUT2D eigenvalue weighted by atomic mass is 10.1. The molecule has 3 heteroatoms. The van der Waals surface area contributed by atoms with Crippen LogP contribution >= 0.6 is 0 Å². The number of rotatable bonds is 3. The van der Waals surface area contributed by atoms with E-state index in [0.29, 0.717) is 11.3 Å². The molecule has 18 heavy (non-hydrogen) atoms. The second-order valence-electron chi connectivity index (χ2n) is 7.19. The molecular formula is C15H25N3. The molecule has 2 rings (SSSR count). The quantitative estimate of drug-likeness (QED) is 0.891. The Morgan fingerprint density at radius 1 is 1.39 bits per heavy atom. The Hall–Kier alpha value is -0.960. The Balaban J connectivity index is 2.07. The first-order chi connectivity index (χ1) is 8.19. The molecule has 1 aliphatic rings. The van der Waals surface area contributed by atoms with Crippen molar-refractivity contribution < 1.29 is 0 Å². The first-order valence-corrected chi connectivity index (χ1v) is 6.76. The van der Waals surface area contributed by atoms with E-state index in [0.717, 1.165) is 18.1 Å². The number of hydrogen-bond donors (Lipinski definition) is 1. The van der Waals surface area contributed by atoms with Crippen molar-refractivity contribution in [2.24, 2.45) is 5.41 Å². The van der Waals surface area contributed by atoms with Crippen LogP contribution in [0.5, 0.6) is 0 Å². The van der Waals surface area contributed by atoms with E-state index in [1.54, 1.807) is 0 Å². The van der Waals surface area contributed by atoms with Gasteiger partial charge in [0.15, 0.2) is 0 Å². The maximum absolute atomic E-state index is 4.68. The summed E-state index contributed by atoms with van der Waals surface area (Å²) < 4.78 is 0. The van der Waals surface area contributed by atoms with Gasteiger partial charge in [-0.05, 0) is 39.5 Å². The van der Waals surface area contributed by atoms with Crippen LogP contribution in [0.3, 0.4) is 0 Å². The zero-order valence-corrected chi connectivity index (χ0v) is 12.5. The minimum Gasteiger partial charge on any atom is -0.308 e. The normalized spacial score (nSPS) is 22.0. The van der Waals surface area contributed by atoms with Crippen molar-refractivity contribution in [3.63, 3.8) is 0 Å². The van der Waals surface area contributed by atoms with Gasteiger partial charge >= 0.3 is 0 Å². The maximum atomic E-state index is 4.68. The topological polar surface area (TPSA) is 37.8 Å². The Kier molecular flexibility index (Phi) is 3.22. The van der Waals surface area contributed by atoms with Gasteiger partial charge < -0.3 is 5.32 Å². The summed E-state index contributed by atoms with van der Waals surface area (Å²) in [6.45, 7) is 14.0. The highest BCUT2D eigenvalue weighted by molar-refractivity contribution is 5.22. The maximum Gasteiger partial charge on any atom is 0.132 e. The molecule has 1 aliphatic carbocycles. The third-order valence-corrected chi connectivity index (χ3v) is 3.73. The van der Waals surface area contributed by atoms with Crippen LogP contribution in [0.4, 0.5) is 0 Å². The molecule has 1 saturated carbocycles. The number of nitrogens with zero attached hydrogens (tertiary/aromatic N) is 2. The molecule has 0 aromatic carbocycles. The van der Waals surface area contributed by atoms with Gasteiger partial charge in [0.1, 0.15) is 5.82 Å². The molecule has 0 amide bonds. The third kappa shape index (κ3) is 3.08. The van der Waals surface area contributed by atoms with Crippen LogP contribution < -0.4 is 5.32 Å². The van der Waals surface area contributed by atoms with Crippen molar-refractivity contribution in [3.05, 3.63) is 23.3 Å². The van der Waals surface area contributed by atoms with Crippen LogP contribution in [-0.2, 0) is 6.54 Å². The van der Waals surface area contributed by atoms with Gasteiger partial charge in [0.2, 0.25) is 0 Å². The molecule has 0 saturated heterocycles. The Morgan fingerprint density at radius 2 is 2.00 bits per heavy atom. The van der Waals surface area contributed by atoms with Gasteiger partial charge in [-0.2, -0.15) is 0 Å². The van der Waals surface area contributed by atoms with E-state index in [-0.39, 0.29) is 5.54 Å². The smallest absolute Gasteiger partial charge is 0.132 e. The van der Waals surface area contributed by atoms with Gasteiger partial charge in [-0.15, -0.1) is 0 Å². The summed E-state index contributed by atoms with van der Waals surface area (Å²) in [7, 11) is 0. The van der Waals surface area contributed by atoms with Gasteiger partial charge in [0.25, 0.3) is 0 Å². The number of hydrogen-bond acceptors (Lipinski definition) is 3. The van der Waals surface area contributed by atoms with Gasteiger partial charge in [0, 0.05) is 35.5 Å². The molecule has 0 bridgehead atoms. The highest BCUT2D eigenvalue weighted by Crippen LogP contribution is 2.57. The molecule has 1 N–H and O–H groups in total. The van der Waals surface area contributed by atoms with E-state index in [1.807, 2.05) is 6.20 Å². The summed E-state index contributed by atoms with van der Waals surface area (Å²) >= 11 is 0. The summed E-state index contributed by atoms with van der Waals surface area (Å²) in [4.78, 5) is 9.23. The van der Waals surface area contributed by atoms with Crippen molar-refractivity contribution in [1.82, 2.24) is 15.3 Å². The average Bonchev–Trinajstić information content (AvgIpc) is 2.84. The standard InChI is InChI=1S/C15H25N3/c1-10-11(9-17-14(2,3)4)8-16-13(18-10)12-7-15(12,5)6/h8,12,17H,7,9H2,1-6H3. The molecule has 3 nitrogen and oxygen atoms in total. The highest BCUT2D eigenvalue weighted by Gasteiger charge is 2.48. The number of aromatic nitrogens is 2. The average molecular weight is 247 g/mol. The molecule has 0 radical (unpaired) electrons. The van der Waals surface area contributed by atoms with Crippen molar-refractivity contribution in [3.8, 4) is 0 Å². The second kappa shape index (κ2) is 4.30. The van der Waals surface area contributed by atoms with Gasteiger partial charge in [-0.1, -0.05) is 13.8 Å². The van der Waals surface area contributed by atoms with E-state index in [4.69, 9.17) is 0 Å². The molecule has 1 aromatic heterocycles. The van der Waals surface area contributed by atoms with E-state index >= 15 is 0 Å². The molecule has 1 aromatic rings. The summed E-state index contributed by atoms with van der Waals surface area (Å²) in [6, 6.07) is 0. The van der Waals surface area contributed by atoms with Crippen molar-refractivity contribution in [2.45, 2.75) is 66.0 Å². The summed E-state index contributed by atoms with van der Waals surface area (Å²) in [5.41, 5.74) is 2.84.